The summed E-state index contributed by atoms with van der Waals surface area (Å²) in [5, 5.41) is 6.55. The molecule has 2 aromatic carbocycles. The maximum atomic E-state index is 12.7. The Morgan fingerprint density at radius 3 is 2.25 bits per heavy atom. The molecule has 3 rings (SSSR count). The number of rotatable bonds is 6. The molecular weight excluding hydrogens is 372 g/mol. The van der Waals surface area contributed by atoms with Gasteiger partial charge in [-0.05, 0) is 30.5 Å². The summed E-state index contributed by atoms with van der Waals surface area (Å²) >= 11 is 6.16. The van der Waals surface area contributed by atoms with Crippen molar-refractivity contribution in [1.29, 1.82) is 0 Å². The van der Waals surface area contributed by atoms with E-state index in [0.29, 0.717) is 10.6 Å². The predicted molar refractivity (Wildman–Crippen MR) is 112 cm³/mol. The van der Waals surface area contributed by atoms with E-state index < -0.39 is 6.04 Å². The SMILES string of the molecule is O=C(C[C@H](NC(=O)c1ccccc1Cl)c1ccccc1)NC1CCCCCC1. The van der Waals surface area contributed by atoms with Gasteiger partial charge in [-0.1, -0.05) is 79.7 Å². The molecule has 1 aliphatic rings. The Bertz CT molecular complexity index is 786. The zero-order valence-electron chi connectivity index (χ0n) is 16.0. The van der Waals surface area contributed by atoms with Crippen molar-refractivity contribution in [3.8, 4) is 0 Å². The third-order valence-electron chi connectivity index (χ3n) is 5.24. The van der Waals surface area contributed by atoms with Crippen molar-refractivity contribution in [2.45, 2.75) is 57.0 Å². The Morgan fingerprint density at radius 2 is 1.57 bits per heavy atom. The van der Waals surface area contributed by atoms with Crippen LogP contribution in [0.5, 0.6) is 0 Å². The van der Waals surface area contributed by atoms with Crippen LogP contribution >= 0.6 is 11.6 Å². The van der Waals surface area contributed by atoms with Crippen molar-refractivity contribution < 1.29 is 9.59 Å². The smallest absolute Gasteiger partial charge is 0.253 e. The molecule has 0 radical (unpaired) electrons. The second-order valence-electron chi connectivity index (χ2n) is 7.38. The average Bonchev–Trinajstić information content (AvgIpc) is 2.97. The number of hydrogen-bond donors (Lipinski definition) is 2. The molecular formula is C23H27ClN2O2. The minimum absolute atomic E-state index is 0.0276. The number of hydrogen-bond acceptors (Lipinski definition) is 2. The van der Waals surface area contributed by atoms with E-state index in [-0.39, 0.29) is 24.3 Å². The molecule has 2 amide bonds. The van der Waals surface area contributed by atoms with Crippen LogP contribution < -0.4 is 10.6 Å². The summed E-state index contributed by atoms with van der Waals surface area (Å²) in [6, 6.07) is 16.4. The Morgan fingerprint density at radius 1 is 0.929 bits per heavy atom. The largest absolute Gasteiger partial charge is 0.353 e. The maximum absolute atomic E-state index is 12.7. The van der Waals surface area contributed by atoms with E-state index in [9.17, 15) is 9.59 Å². The molecule has 0 aromatic heterocycles. The highest BCUT2D eigenvalue weighted by atomic mass is 35.5. The van der Waals surface area contributed by atoms with Crippen molar-refractivity contribution in [2.24, 2.45) is 0 Å². The molecule has 5 heteroatoms. The molecule has 1 atom stereocenters. The Balaban J connectivity index is 1.69. The third kappa shape index (κ3) is 5.83. The van der Waals surface area contributed by atoms with Crippen molar-refractivity contribution in [2.75, 3.05) is 0 Å². The molecule has 0 saturated heterocycles. The second-order valence-corrected chi connectivity index (χ2v) is 7.78. The van der Waals surface area contributed by atoms with Crippen molar-refractivity contribution >= 4 is 23.4 Å². The molecule has 1 aliphatic carbocycles. The van der Waals surface area contributed by atoms with Gasteiger partial charge < -0.3 is 10.6 Å². The van der Waals surface area contributed by atoms with Gasteiger partial charge in [0, 0.05) is 6.04 Å². The van der Waals surface area contributed by atoms with Gasteiger partial charge in [0.2, 0.25) is 5.91 Å². The molecule has 148 valence electrons. The highest BCUT2D eigenvalue weighted by Crippen LogP contribution is 2.21. The fraction of sp³-hybridized carbons (Fsp3) is 0.391. The van der Waals surface area contributed by atoms with Crippen LogP contribution in [0.4, 0.5) is 0 Å². The lowest BCUT2D eigenvalue weighted by Gasteiger charge is -2.22. The first-order valence-electron chi connectivity index (χ1n) is 10.0. The van der Waals surface area contributed by atoms with Gasteiger partial charge in [-0.25, -0.2) is 0 Å². The van der Waals surface area contributed by atoms with Gasteiger partial charge in [0.1, 0.15) is 0 Å². The lowest BCUT2D eigenvalue weighted by Crippen LogP contribution is -2.38. The number of halogens is 1. The summed E-state index contributed by atoms with van der Waals surface area (Å²) in [7, 11) is 0. The first kappa shape index (κ1) is 20.4. The van der Waals surface area contributed by atoms with Gasteiger partial charge in [-0.3, -0.25) is 9.59 Å². The zero-order chi connectivity index (χ0) is 19.8. The molecule has 0 aliphatic heterocycles. The first-order chi connectivity index (χ1) is 13.6. The summed E-state index contributed by atoms with van der Waals surface area (Å²) < 4.78 is 0. The first-order valence-corrected chi connectivity index (χ1v) is 10.4. The number of carbonyl (C=O) groups excluding carboxylic acids is 2. The van der Waals surface area contributed by atoms with Gasteiger partial charge in [0.25, 0.3) is 5.91 Å². The fourth-order valence-corrected chi connectivity index (χ4v) is 3.94. The van der Waals surface area contributed by atoms with Gasteiger partial charge in [-0.15, -0.1) is 0 Å². The molecule has 0 heterocycles. The quantitative estimate of drug-likeness (QED) is 0.669. The van der Waals surface area contributed by atoms with E-state index >= 15 is 0 Å². The summed E-state index contributed by atoms with van der Waals surface area (Å²) in [6.45, 7) is 0. The van der Waals surface area contributed by atoms with Crippen LogP contribution in [0.1, 0.15) is 66.9 Å². The molecule has 28 heavy (non-hydrogen) atoms. The Labute approximate surface area is 171 Å². The van der Waals surface area contributed by atoms with E-state index in [2.05, 4.69) is 10.6 Å². The zero-order valence-corrected chi connectivity index (χ0v) is 16.8. The molecule has 0 bridgehead atoms. The standard InChI is InChI=1S/C23H27ClN2O2/c24-20-15-9-8-14-19(20)23(28)26-21(17-10-4-3-5-11-17)16-22(27)25-18-12-6-1-2-7-13-18/h3-5,8-11,14-15,18,21H,1-2,6-7,12-13,16H2,(H,25,27)(H,26,28)/t21-/m0/s1. The van der Waals surface area contributed by atoms with Crippen LogP contribution in [0.2, 0.25) is 5.02 Å². The number of nitrogens with one attached hydrogen (secondary N) is 2. The monoisotopic (exact) mass is 398 g/mol. The van der Waals surface area contributed by atoms with Crippen molar-refractivity contribution in [1.82, 2.24) is 10.6 Å². The molecule has 2 aromatic rings. The number of amides is 2. The highest BCUT2D eigenvalue weighted by molar-refractivity contribution is 6.33. The van der Waals surface area contributed by atoms with E-state index in [4.69, 9.17) is 11.6 Å². The van der Waals surface area contributed by atoms with E-state index in [1.165, 1.54) is 12.8 Å². The van der Waals surface area contributed by atoms with E-state index in [1.54, 1.807) is 24.3 Å². The predicted octanol–water partition coefficient (Wildman–Crippen LogP) is 5.04. The van der Waals surface area contributed by atoms with Crippen LogP contribution in [0.3, 0.4) is 0 Å². The lowest BCUT2D eigenvalue weighted by atomic mass is 10.0. The lowest BCUT2D eigenvalue weighted by molar-refractivity contribution is -0.122. The minimum atomic E-state index is -0.407. The topological polar surface area (TPSA) is 58.2 Å². The highest BCUT2D eigenvalue weighted by Gasteiger charge is 2.22. The van der Waals surface area contributed by atoms with Crippen molar-refractivity contribution in [3.63, 3.8) is 0 Å². The van der Waals surface area contributed by atoms with Gasteiger partial charge in [0.05, 0.1) is 23.0 Å². The summed E-state index contributed by atoms with van der Waals surface area (Å²) in [5.41, 5.74) is 1.31. The van der Waals surface area contributed by atoms with Gasteiger partial charge in [-0.2, -0.15) is 0 Å². The Hall–Kier alpha value is -2.33. The Kier molecular flexibility index (Phi) is 7.49. The van der Waals surface area contributed by atoms with Gasteiger partial charge >= 0.3 is 0 Å². The van der Waals surface area contributed by atoms with Crippen LogP contribution in [0.25, 0.3) is 0 Å². The second kappa shape index (κ2) is 10.3. The fourth-order valence-electron chi connectivity index (χ4n) is 3.71. The maximum Gasteiger partial charge on any atom is 0.253 e. The molecule has 1 saturated carbocycles. The van der Waals surface area contributed by atoms with Crippen LogP contribution in [0.15, 0.2) is 54.6 Å². The number of carbonyl (C=O) groups is 2. The van der Waals surface area contributed by atoms with E-state index in [1.807, 2.05) is 30.3 Å². The summed E-state index contributed by atoms with van der Waals surface area (Å²) in [5.74, 6) is -0.304. The van der Waals surface area contributed by atoms with Crippen LogP contribution in [0, 0.1) is 0 Å². The molecule has 1 fully saturated rings. The van der Waals surface area contributed by atoms with E-state index in [0.717, 1.165) is 31.2 Å². The number of benzene rings is 2. The summed E-state index contributed by atoms with van der Waals surface area (Å²) in [6.07, 6.45) is 7.09. The van der Waals surface area contributed by atoms with Gasteiger partial charge in [0.15, 0.2) is 0 Å². The van der Waals surface area contributed by atoms with Crippen LogP contribution in [-0.2, 0) is 4.79 Å². The van der Waals surface area contributed by atoms with Crippen LogP contribution in [-0.4, -0.2) is 17.9 Å². The molecule has 4 nitrogen and oxygen atoms in total. The van der Waals surface area contributed by atoms with Crippen molar-refractivity contribution in [3.05, 3.63) is 70.7 Å². The molecule has 0 unspecified atom stereocenters. The molecule has 0 spiro atoms. The summed E-state index contributed by atoms with van der Waals surface area (Å²) in [4.78, 5) is 25.4. The average molecular weight is 399 g/mol. The minimum Gasteiger partial charge on any atom is -0.353 e. The third-order valence-corrected chi connectivity index (χ3v) is 5.57. The normalized spacial score (nSPS) is 16.0. The molecule has 2 N–H and O–H groups in total.